The third-order valence-corrected chi connectivity index (χ3v) is 7.05. The van der Waals surface area contributed by atoms with Crippen LogP contribution in [-0.4, -0.2) is 31.5 Å². The van der Waals surface area contributed by atoms with E-state index >= 15 is 0 Å². The van der Waals surface area contributed by atoms with Gasteiger partial charge in [-0.15, -0.1) is 0 Å². The van der Waals surface area contributed by atoms with Crippen LogP contribution in [0.5, 0.6) is 0 Å². The van der Waals surface area contributed by atoms with E-state index in [0.29, 0.717) is 27.5 Å². The normalized spacial score (nSPS) is 12.9. The Labute approximate surface area is 208 Å². The molecule has 0 heterocycles. The number of carbonyl (C=O) groups excluding carboxylic acids is 1. The number of aryl methyl sites for hydroxylation is 1. The quantitative estimate of drug-likeness (QED) is 0.382. The van der Waals surface area contributed by atoms with Gasteiger partial charge in [0.15, 0.2) is 0 Å². The molecule has 0 radical (unpaired) electrons. The lowest BCUT2D eigenvalue weighted by molar-refractivity contribution is -0.122. The fraction of sp³-hybridized carbons (Fsp3) is 0.200. The number of carboxylic acid groups (broad SMARTS) is 1. The first-order chi connectivity index (χ1) is 16.6. The minimum Gasteiger partial charge on any atom is -0.478 e. The van der Waals surface area contributed by atoms with Crippen LogP contribution in [0.4, 0.5) is 8.78 Å². The topological polar surface area (TPSA) is 101 Å². The van der Waals surface area contributed by atoms with Gasteiger partial charge in [-0.3, -0.25) is 4.79 Å². The number of nitrogens with zero attached hydrogens (tertiary/aromatic N) is 1. The number of amides is 1. The van der Waals surface area contributed by atoms with E-state index in [1.54, 1.807) is 36.4 Å². The van der Waals surface area contributed by atoms with E-state index in [0.717, 1.165) is 6.07 Å². The van der Waals surface area contributed by atoms with E-state index in [1.165, 1.54) is 28.6 Å². The number of aromatic carboxylic acids is 1. The third-order valence-electron chi connectivity index (χ3n) is 5.31. The molecule has 3 aromatic rings. The van der Waals surface area contributed by atoms with Gasteiger partial charge in [0, 0.05) is 17.6 Å². The molecule has 0 spiro atoms. The number of benzene rings is 3. The summed E-state index contributed by atoms with van der Waals surface area (Å²) < 4.78 is 41.9. The summed E-state index contributed by atoms with van der Waals surface area (Å²) in [6.45, 7) is 0.0390. The van der Waals surface area contributed by atoms with Crippen LogP contribution < -0.4 is 5.73 Å². The van der Waals surface area contributed by atoms with Gasteiger partial charge in [-0.25, -0.2) is 22.1 Å². The van der Waals surface area contributed by atoms with Crippen LogP contribution in [0.1, 0.15) is 34.3 Å². The molecular formula is C25H23ClF2N2O4S. The zero-order chi connectivity index (χ0) is 25.5. The van der Waals surface area contributed by atoms with Gasteiger partial charge in [0.2, 0.25) is 5.91 Å². The highest BCUT2D eigenvalue weighted by Gasteiger charge is 2.29. The Balaban J connectivity index is 1.85. The average Bonchev–Trinajstić information content (AvgIpc) is 2.80. The Kier molecular flexibility index (Phi) is 9.08. The molecule has 35 heavy (non-hydrogen) atoms. The van der Waals surface area contributed by atoms with Crippen molar-refractivity contribution in [3.63, 3.8) is 0 Å². The van der Waals surface area contributed by atoms with Crippen molar-refractivity contribution in [1.29, 1.82) is 0 Å². The molecule has 3 aromatic carbocycles. The molecule has 0 saturated heterocycles. The van der Waals surface area contributed by atoms with E-state index in [2.05, 4.69) is 0 Å². The summed E-state index contributed by atoms with van der Waals surface area (Å²) in [7, 11) is -1.81. The molecule has 0 fully saturated rings. The number of hydrogen-bond donors (Lipinski definition) is 2. The first kappa shape index (κ1) is 26.5. The lowest BCUT2D eigenvalue weighted by Gasteiger charge is -2.28. The summed E-state index contributed by atoms with van der Waals surface area (Å²) >= 11 is 5.94. The lowest BCUT2D eigenvalue weighted by atomic mass is 10.0. The van der Waals surface area contributed by atoms with Crippen LogP contribution in [0.2, 0.25) is 5.02 Å². The van der Waals surface area contributed by atoms with Gasteiger partial charge in [-0.2, -0.15) is 0 Å². The maximum atomic E-state index is 13.5. The molecule has 0 aromatic heterocycles. The summed E-state index contributed by atoms with van der Waals surface area (Å²) in [5.41, 5.74) is 6.83. The Bertz CT molecular complexity index is 1200. The highest BCUT2D eigenvalue weighted by molar-refractivity contribution is 7.82. The average molecular weight is 521 g/mol. The molecule has 0 aliphatic rings. The van der Waals surface area contributed by atoms with Crippen molar-refractivity contribution >= 4 is 34.5 Å². The Morgan fingerprint density at radius 2 is 1.57 bits per heavy atom. The largest absolute Gasteiger partial charge is 0.478 e. The van der Waals surface area contributed by atoms with Gasteiger partial charge >= 0.3 is 5.97 Å². The predicted molar refractivity (Wildman–Crippen MR) is 129 cm³/mol. The molecule has 184 valence electrons. The maximum absolute atomic E-state index is 13.5. The molecule has 2 unspecified atom stereocenters. The summed E-state index contributed by atoms with van der Waals surface area (Å²) in [6.07, 6.45) is 0.815. The molecule has 0 aliphatic carbocycles. The van der Waals surface area contributed by atoms with Gasteiger partial charge < -0.3 is 10.8 Å². The summed E-state index contributed by atoms with van der Waals surface area (Å²) in [6, 6.07) is 14.5. The van der Waals surface area contributed by atoms with Gasteiger partial charge in [0.05, 0.1) is 10.5 Å². The lowest BCUT2D eigenvalue weighted by Crippen LogP contribution is -2.45. The highest BCUT2D eigenvalue weighted by Crippen LogP contribution is 2.23. The van der Waals surface area contributed by atoms with Crippen molar-refractivity contribution in [2.75, 3.05) is 0 Å². The Morgan fingerprint density at radius 1 is 0.971 bits per heavy atom. The number of rotatable bonds is 11. The van der Waals surface area contributed by atoms with Crippen LogP contribution in [0.3, 0.4) is 0 Å². The van der Waals surface area contributed by atoms with Gasteiger partial charge in [-0.05, 0) is 78.9 Å². The van der Waals surface area contributed by atoms with Crippen LogP contribution in [0.15, 0.2) is 71.6 Å². The zero-order valence-corrected chi connectivity index (χ0v) is 20.1. The summed E-state index contributed by atoms with van der Waals surface area (Å²) in [4.78, 5) is 24.0. The molecule has 1 amide bonds. The van der Waals surface area contributed by atoms with Gasteiger partial charge in [0.1, 0.15) is 28.7 Å². The molecular weight excluding hydrogens is 498 g/mol. The van der Waals surface area contributed by atoms with E-state index < -0.39 is 40.5 Å². The fourth-order valence-corrected chi connectivity index (χ4v) is 5.06. The monoisotopic (exact) mass is 520 g/mol. The van der Waals surface area contributed by atoms with Crippen molar-refractivity contribution in [3.05, 3.63) is 100 Å². The molecule has 10 heteroatoms. The third kappa shape index (κ3) is 7.42. The van der Waals surface area contributed by atoms with Crippen molar-refractivity contribution in [2.45, 2.75) is 36.7 Å². The number of carboxylic acids is 1. The number of hydrogen-bond acceptors (Lipinski definition) is 3. The Morgan fingerprint density at radius 3 is 2.11 bits per heavy atom. The first-order valence-electron chi connectivity index (χ1n) is 10.6. The Hall–Kier alpha value is -3.14. The standard InChI is InChI=1S/C25H23ClF2N2O4S/c26-19-8-10-22(11-9-19)35(34)30(15-16-4-6-18(7-5-16)25(32)33)23(24(29)31)3-1-2-17-12-20(27)14-21(28)13-17/h4-14,23H,1-3,15H2,(H2,29,31)(H,32,33). The van der Waals surface area contributed by atoms with Crippen LogP contribution in [-0.2, 0) is 28.7 Å². The van der Waals surface area contributed by atoms with E-state index in [1.807, 2.05) is 0 Å². The van der Waals surface area contributed by atoms with Crippen molar-refractivity contribution < 1.29 is 27.7 Å². The molecule has 6 nitrogen and oxygen atoms in total. The molecule has 2 atom stereocenters. The van der Waals surface area contributed by atoms with Crippen LogP contribution in [0, 0.1) is 11.6 Å². The second-order valence-corrected chi connectivity index (χ2v) is 9.74. The fourth-order valence-electron chi connectivity index (χ4n) is 3.59. The molecule has 0 bridgehead atoms. The van der Waals surface area contributed by atoms with Gasteiger partial charge in [-0.1, -0.05) is 23.7 Å². The minimum absolute atomic E-state index is 0.0390. The SMILES string of the molecule is NC(=O)C(CCCc1cc(F)cc(F)c1)N(Cc1ccc(C(=O)O)cc1)S(=O)c1ccc(Cl)cc1. The second kappa shape index (κ2) is 12.0. The number of carbonyl (C=O) groups is 2. The van der Waals surface area contributed by atoms with Crippen molar-refractivity contribution in [2.24, 2.45) is 5.73 Å². The van der Waals surface area contributed by atoms with E-state index in [9.17, 15) is 22.6 Å². The molecule has 0 saturated carbocycles. The van der Waals surface area contributed by atoms with Crippen LogP contribution in [0.25, 0.3) is 0 Å². The number of nitrogens with two attached hydrogens (primary N) is 1. The summed E-state index contributed by atoms with van der Waals surface area (Å²) in [5.74, 6) is -3.18. The second-order valence-electron chi connectivity index (χ2n) is 7.87. The van der Waals surface area contributed by atoms with Gasteiger partial charge in [0.25, 0.3) is 0 Å². The summed E-state index contributed by atoms with van der Waals surface area (Å²) in [5, 5.41) is 9.58. The minimum atomic E-state index is -1.81. The number of primary amides is 1. The van der Waals surface area contributed by atoms with Crippen LogP contribution >= 0.6 is 11.6 Å². The smallest absolute Gasteiger partial charge is 0.335 e. The number of halogens is 3. The van der Waals surface area contributed by atoms with Crippen molar-refractivity contribution in [3.8, 4) is 0 Å². The first-order valence-corrected chi connectivity index (χ1v) is 12.1. The maximum Gasteiger partial charge on any atom is 0.335 e. The molecule has 3 N–H and O–H groups in total. The van der Waals surface area contributed by atoms with Crippen molar-refractivity contribution in [1.82, 2.24) is 4.31 Å². The predicted octanol–water partition coefficient (Wildman–Crippen LogP) is 4.72. The molecule has 3 rings (SSSR count). The van der Waals surface area contributed by atoms with E-state index in [-0.39, 0.29) is 24.9 Å². The zero-order valence-electron chi connectivity index (χ0n) is 18.5. The van der Waals surface area contributed by atoms with E-state index in [4.69, 9.17) is 22.4 Å². The molecule has 0 aliphatic heterocycles. The highest BCUT2D eigenvalue weighted by atomic mass is 35.5.